The minimum atomic E-state index is -4.84. The lowest BCUT2D eigenvalue weighted by Crippen LogP contribution is -2.40. The number of carbonyl (C=O) groups excluding carboxylic acids is 2. The summed E-state index contributed by atoms with van der Waals surface area (Å²) in [5, 5.41) is 3.16. The second-order valence-electron chi connectivity index (χ2n) is 7.61. The van der Waals surface area contributed by atoms with Crippen molar-refractivity contribution in [3.8, 4) is 5.75 Å². The Kier molecular flexibility index (Phi) is 4.95. The van der Waals surface area contributed by atoms with Crippen LogP contribution in [0, 0.1) is 6.92 Å². The number of nitrogens with zero attached hydrogens (tertiary/aromatic N) is 1. The predicted molar refractivity (Wildman–Crippen MR) is 107 cm³/mol. The molecule has 1 aromatic heterocycles. The lowest BCUT2D eigenvalue weighted by Gasteiger charge is -2.22. The van der Waals surface area contributed by atoms with E-state index in [1.807, 2.05) is 13.0 Å². The number of carbonyl (C=O) groups is 2. The fourth-order valence-electron chi connectivity index (χ4n) is 3.66. The maximum absolute atomic E-state index is 13.2. The van der Waals surface area contributed by atoms with Crippen molar-refractivity contribution < 1.29 is 31.9 Å². The van der Waals surface area contributed by atoms with Crippen molar-refractivity contribution in [2.75, 3.05) is 0 Å². The van der Waals surface area contributed by atoms with Crippen LogP contribution >= 0.6 is 0 Å². The summed E-state index contributed by atoms with van der Waals surface area (Å²) in [6.45, 7) is 3.11. The van der Waals surface area contributed by atoms with E-state index in [1.54, 1.807) is 12.1 Å². The van der Waals surface area contributed by atoms with Gasteiger partial charge in [-0.3, -0.25) is 9.69 Å². The molecule has 0 bridgehead atoms. The molecular weight excluding hydrogens is 429 g/mol. The third-order valence-corrected chi connectivity index (χ3v) is 5.25. The molecule has 2 aromatic carbocycles. The molecule has 1 unspecified atom stereocenters. The number of amides is 3. The topological polar surface area (TPSA) is 88.9 Å². The van der Waals surface area contributed by atoms with Crippen molar-refractivity contribution >= 4 is 22.9 Å². The molecule has 1 N–H and O–H groups in total. The van der Waals surface area contributed by atoms with Gasteiger partial charge >= 0.3 is 18.0 Å². The van der Waals surface area contributed by atoms with E-state index in [0.717, 1.165) is 22.6 Å². The van der Waals surface area contributed by atoms with Gasteiger partial charge in [-0.15, -0.1) is 13.2 Å². The van der Waals surface area contributed by atoms with E-state index in [9.17, 15) is 27.6 Å². The van der Waals surface area contributed by atoms with E-state index in [1.165, 1.54) is 25.1 Å². The largest absolute Gasteiger partial charge is 0.573 e. The molecule has 0 radical (unpaired) electrons. The lowest BCUT2D eigenvalue weighted by molar-refractivity contribution is -0.274. The van der Waals surface area contributed by atoms with E-state index in [0.29, 0.717) is 16.5 Å². The molecule has 2 heterocycles. The van der Waals surface area contributed by atoms with Crippen LogP contribution in [0.15, 0.2) is 57.7 Å². The van der Waals surface area contributed by atoms with Gasteiger partial charge in [-0.25, -0.2) is 9.59 Å². The third kappa shape index (κ3) is 3.91. The van der Waals surface area contributed by atoms with Crippen molar-refractivity contribution in [3.05, 3.63) is 75.6 Å². The molecule has 1 saturated heterocycles. The Balaban J connectivity index is 1.64. The van der Waals surface area contributed by atoms with Gasteiger partial charge in [-0.05, 0) is 48.7 Å². The van der Waals surface area contributed by atoms with Crippen molar-refractivity contribution in [2.24, 2.45) is 0 Å². The van der Waals surface area contributed by atoms with Crippen LogP contribution in [-0.4, -0.2) is 23.2 Å². The second-order valence-corrected chi connectivity index (χ2v) is 7.61. The number of halogens is 3. The summed E-state index contributed by atoms with van der Waals surface area (Å²) in [5.74, 6) is -1.06. The first-order chi connectivity index (χ1) is 15.0. The van der Waals surface area contributed by atoms with Gasteiger partial charge in [0.15, 0.2) is 0 Å². The van der Waals surface area contributed by atoms with Crippen LogP contribution in [0.4, 0.5) is 18.0 Å². The Morgan fingerprint density at radius 1 is 1.06 bits per heavy atom. The van der Waals surface area contributed by atoms with Crippen molar-refractivity contribution in [1.29, 1.82) is 0 Å². The Bertz CT molecular complexity index is 1280. The minimum absolute atomic E-state index is 0.180. The van der Waals surface area contributed by atoms with Gasteiger partial charge < -0.3 is 14.5 Å². The Hall–Kier alpha value is -3.82. The number of fused-ring (bicyclic) bond motifs is 1. The van der Waals surface area contributed by atoms with Crippen molar-refractivity contribution in [1.82, 2.24) is 10.2 Å². The Labute approximate surface area is 179 Å². The monoisotopic (exact) mass is 446 g/mol. The Morgan fingerprint density at radius 3 is 2.41 bits per heavy atom. The van der Waals surface area contributed by atoms with E-state index in [2.05, 4.69) is 10.1 Å². The number of benzene rings is 2. The van der Waals surface area contributed by atoms with Crippen LogP contribution in [0.1, 0.15) is 23.6 Å². The van der Waals surface area contributed by atoms with E-state index in [4.69, 9.17) is 4.42 Å². The van der Waals surface area contributed by atoms with Crippen LogP contribution in [0.2, 0.25) is 0 Å². The second kappa shape index (κ2) is 7.40. The summed E-state index contributed by atoms with van der Waals surface area (Å²) in [5.41, 5.74) is -0.201. The summed E-state index contributed by atoms with van der Waals surface area (Å²) in [4.78, 5) is 38.7. The van der Waals surface area contributed by atoms with Crippen molar-refractivity contribution in [3.63, 3.8) is 0 Å². The molecule has 7 nitrogen and oxygen atoms in total. The predicted octanol–water partition coefficient (Wildman–Crippen LogP) is 3.97. The standard InChI is InChI=1S/C22H17F3N2O5/c1-12-3-8-16-13(10-18(28)31-17(16)9-12)11-27-19(29)21(2,26-20(27)30)14-4-6-15(7-5-14)32-22(23,24)25/h3-10H,11H2,1-2H3,(H,26,30). The number of ether oxygens (including phenoxy) is 1. The molecule has 3 aromatic rings. The van der Waals surface area contributed by atoms with Crippen LogP contribution in [0.5, 0.6) is 5.75 Å². The van der Waals surface area contributed by atoms with E-state index >= 15 is 0 Å². The number of hydrogen-bond donors (Lipinski definition) is 1. The number of nitrogens with one attached hydrogen (secondary N) is 1. The van der Waals surface area contributed by atoms with Crippen LogP contribution in [0.3, 0.4) is 0 Å². The number of aryl methyl sites for hydroxylation is 1. The molecule has 0 spiro atoms. The molecule has 4 rings (SSSR count). The van der Waals surface area contributed by atoms with Crippen molar-refractivity contribution in [2.45, 2.75) is 32.3 Å². The number of alkyl halides is 3. The van der Waals surface area contributed by atoms with Crippen LogP contribution in [-0.2, 0) is 16.9 Å². The highest BCUT2D eigenvalue weighted by molar-refractivity contribution is 6.07. The number of urea groups is 1. The number of imide groups is 1. The SMILES string of the molecule is Cc1ccc2c(CN3C(=O)NC(C)(c4ccc(OC(F)(F)F)cc4)C3=O)cc(=O)oc2c1. The molecule has 3 amide bonds. The number of hydrogen-bond acceptors (Lipinski definition) is 5. The fourth-order valence-corrected chi connectivity index (χ4v) is 3.66. The van der Waals surface area contributed by atoms with Gasteiger partial charge in [0.25, 0.3) is 5.91 Å². The molecule has 0 saturated carbocycles. The maximum Gasteiger partial charge on any atom is 0.573 e. The molecule has 32 heavy (non-hydrogen) atoms. The summed E-state index contributed by atoms with van der Waals surface area (Å²) in [6, 6.07) is 10.4. The van der Waals surface area contributed by atoms with Crippen LogP contribution < -0.4 is 15.7 Å². The number of rotatable bonds is 4. The Morgan fingerprint density at radius 2 is 1.75 bits per heavy atom. The summed E-state index contributed by atoms with van der Waals surface area (Å²) in [6.07, 6.45) is -4.84. The first kappa shape index (κ1) is 21.4. The molecule has 1 atom stereocenters. The summed E-state index contributed by atoms with van der Waals surface area (Å²) in [7, 11) is 0. The third-order valence-electron chi connectivity index (χ3n) is 5.25. The normalized spacial score (nSPS) is 18.8. The lowest BCUT2D eigenvalue weighted by atomic mass is 9.92. The van der Waals surface area contributed by atoms with Gasteiger partial charge in [-0.2, -0.15) is 0 Å². The zero-order valence-corrected chi connectivity index (χ0v) is 16.9. The molecule has 10 heteroatoms. The highest BCUT2D eigenvalue weighted by Gasteiger charge is 2.49. The molecule has 1 aliphatic heterocycles. The highest BCUT2D eigenvalue weighted by Crippen LogP contribution is 2.32. The molecular formula is C22H17F3N2O5. The quantitative estimate of drug-likeness (QED) is 0.484. The average Bonchev–Trinajstić information content (AvgIpc) is 2.90. The first-order valence-electron chi connectivity index (χ1n) is 9.50. The zero-order valence-electron chi connectivity index (χ0n) is 16.9. The first-order valence-corrected chi connectivity index (χ1v) is 9.50. The van der Waals surface area contributed by atoms with E-state index < -0.39 is 35.2 Å². The average molecular weight is 446 g/mol. The minimum Gasteiger partial charge on any atom is -0.423 e. The summed E-state index contributed by atoms with van der Waals surface area (Å²) >= 11 is 0. The van der Waals surface area contributed by atoms with Gasteiger partial charge in [0.2, 0.25) is 0 Å². The summed E-state index contributed by atoms with van der Waals surface area (Å²) < 4.78 is 46.2. The van der Waals surface area contributed by atoms with Gasteiger partial charge in [0.1, 0.15) is 16.9 Å². The van der Waals surface area contributed by atoms with E-state index in [-0.39, 0.29) is 12.1 Å². The zero-order chi connectivity index (χ0) is 23.3. The highest BCUT2D eigenvalue weighted by atomic mass is 19.4. The maximum atomic E-state index is 13.2. The van der Waals surface area contributed by atoms with Gasteiger partial charge in [0, 0.05) is 11.5 Å². The molecule has 1 fully saturated rings. The molecule has 1 aliphatic rings. The smallest absolute Gasteiger partial charge is 0.423 e. The van der Waals surface area contributed by atoms with Gasteiger partial charge in [0.05, 0.1) is 6.54 Å². The molecule has 166 valence electrons. The van der Waals surface area contributed by atoms with Gasteiger partial charge in [-0.1, -0.05) is 24.3 Å². The molecule has 0 aliphatic carbocycles. The van der Waals surface area contributed by atoms with Crippen LogP contribution in [0.25, 0.3) is 11.0 Å². The fraction of sp³-hybridized carbons (Fsp3) is 0.227.